The van der Waals surface area contributed by atoms with Crippen LogP contribution in [-0.4, -0.2) is 49.1 Å². The first kappa shape index (κ1) is 16.9. The summed E-state index contributed by atoms with van der Waals surface area (Å²) in [4.78, 5) is 10.7. The standard InChI is InChI=1S/C16H21NO5Se/c1-16(2)21-12-9-10(14(18)15(12)22-16)7-8-23-13-6-4-3-5-11(13)17(19)20/h3-6,10,12,14-15,18H,7-9H2,1-2H3/t10-,12-,14-,15-/m0/s1. The molecule has 1 saturated heterocycles. The Morgan fingerprint density at radius 1 is 1.39 bits per heavy atom. The normalized spacial score (nSPS) is 32.0. The molecule has 2 fully saturated rings. The summed E-state index contributed by atoms with van der Waals surface area (Å²) in [7, 11) is 0. The second-order valence-electron chi connectivity index (χ2n) is 6.49. The number of hydrogen-bond donors (Lipinski definition) is 1. The Morgan fingerprint density at radius 2 is 2.13 bits per heavy atom. The first-order valence-corrected chi connectivity index (χ1v) is 9.84. The minimum atomic E-state index is -0.615. The van der Waals surface area contributed by atoms with Gasteiger partial charge in [-0.3, -0.25) is 0 Å². The van der Waals surface area contributed by atoms with E-state index in [1.54, 1.807) is 12.1 Å². The molecule has 4 atom stereocenters. The third-order valence-electron chi connectivity index (χ3n) is 4.38. The minimum absolute atomic E-state index is 0.0298. The van der Waals surface area contributed by atoms with E-state index in [-0.39, 0.29) is 43.7 Å². The van der Waals surface area contributed by atoms with Gasteiger partial charge in [-0.25, -0.2) is 0 Å². The maximum absolute atomic E-state index is 11.0. The zero-order valence-electron chi connectivity index (χ0n) is 13.2. The zero-order chi connectivity index (χ0) is 16.6. The van der Waals surface area contributed by atoms with Crippen molar-refractivity contribution in [3.63, 3.8) is 0 Å². The molecule has 1 N–H and O–H groups in total. The molecule has 6 nitrogen and oxygen atoms in total. The molecule has 126 valence electrons. The van der Waals surface area contributed by atoms with Crippen LogP contribution in [0.4, 0.5) is 5.69 Å². The number of rotatable bonds is 5. The summed E-state index contributed by atoms with van der Waals surface area (Å²) in [6.45, 7) is 3.73. The van der Waals surface area contributed by atoms with Gasteiger partial charge in [-0.05, 0) is 0 Å². The number of ether oxygens (including phenoxy) is 2. The summed E-state index contributed by atoms with van der Waals surface area (Å²) in [5, 5.41) is 22.3. The molecule has 1 heterocycles. The van der Waals surface area contributed by atoms with E-state index in [9.17, 15) is 15.2 Å². The van der Waals surface area contributed by atoms with Crippen molar-refractivity contribution in [2.75, 3.05) is 0 Å². The van der Waals surface area contributed by atoms with E-state index >= 15 is 0 Å². The van der Waals surface area contributed by atoms with Crippen molar-refractivity contribution in [3.8, 4) is 0 Å². The predicted molar refractivity (Wildman–Crippen MR) is 85.8 cm³/mol. The van der Waals surface area contributed by atoms with Crippen molar-refractivity contribution in [2.24, 2.45) is 5.92 Å². The molecule has 0 radical (unpaired) electrons. The van der Waals surface area contributed by atoms with Crippen LogP contribution >= 0.6 is 0 Å². The number of aliphatic hydroxyl groups excluding tert-OH is 1. The van der Waals surface area contributed by atoms with Gasteiger partial charge < -0.3 is 0 Å². The second-order valence-corrected chi connectivity index (χ2v) is 8.87. The van der Waals surface area contributed by atoms with Gasteiger partial charge >= 0.3 is 141 Å². The molecule has 1 aliphatic carbocycles. The fraction of sp³-hybridized carbons (Fsp3) is 0.625. The number of aliphatic hydroxyl groups is 1. The van der Waals surface area contributed by atoms with Gasteiger partial charge in [-0.15, -0.1) is 0 Å². The summed E-state index contributed by atoms with van der Waals surface area (Å²) in [6.07, 6.45) is 0.843. The molecule has 0 aromatic heterocycles. The molecule has 23 heavy (non-hydrogen) atoms. The fourth-order valence-corrected chi connectivity index (χ4v) is 5.70. The molecule has 3 rings (SSSR count). The Bertz CT molecular complexity index is 594. The number of nitrogens with zero attached hydrogens (tertiary/aromatic N) is 1. The third kappa shape index (κ3) is 3.59. The molecule has 0 spiro atoms. The summed E-state index contributed by atoms with van der Waals surface area (Å²) in [5.41, 5.74) is 0.199. The maximum atomic E-state index is 11.0. The van der Waals surface area contributed by atoms with Crippen molar-refractivity contribution < 1.29 is 19.5 Å². The molecule has 0 unspecified atom stereocenters. The number of hydrogen-bond acceptors (Lipinski definition) is 5. The van der Waals surface area contributed by atoms with Crippen LogP contribution in [-0.2, 0) is 9.47 Å². The number of nitro benzene ring substituents is 1. The molecular weight excluding hydrogens is 365 g/mol. The Balaban J connectivity index is 1.54. The van der Waals surface area contributed by atoms with Crippen LogP contribution in [0.25, 0.3) is 0 Å². The molecule has 2 aliphatic rings. The van der Waals surface area contributed by atoms with Crippen molar-refractivity contribution in [2.45, 2.75) is 56.1 Å². The van der Waals surface area contributed by atoms with Gasteiger partial charge in [0.25, 0.3) is 0 Å². The zero-order valence-corrected chi connectivity index (χ0v) is 14.9. The summed E-state index contributed by atoms with van der Waals surface area (Å²) in [5.74, 6) is -0.471. The topological polar surface area (TPSA) is 81.8 Å². The van der Waals surface area contributed by atoms with Crippen molar-refractivity contribution in [3.05, 3.63) is 34.4 Å². The Kier molecular flexibility index (Phi) is 4.76. The van der Waals surface area contributed by atoms with E-state index in [1.807, 2.05) is 26.0 Å². The first-order valence-electron chi connectivity index (χ1n) is 7.77. The Hall–Kier alpha value is -0.981. The van der Waals surface area contributed by atoms with Gasteiger partial charge in [0.2, 0.25) is 0 Å². The van der Waals surface area contributed by atoms with E-state index in [1.165, 1.54) is 0 Å². The van der Waals surface area contributed by atoms with Gasteiger partial charge in [0.05, 0.1) is 0 Å². The van der Waals surface area contributed by atoms with Crippen LogP contribution in [0.3, 0.4) is 0 Å². The molecule has 1 aromatic carbocycles. The van der Waals surface area contributed by atoms with Gasteiger partial charge in [0, 0.05) is 0 Å². The van der Waals surface area contributed by atoms with E-state index < -0.39 is 11.9 Å². The molecule has 0 bridgehead atoms. The second kappa shape index (κ2) is 6.49. The van der Waals surface area contributed by atoms with Crippen LogP contribution < -0.4 is 4.46 Å². The molecule has 0 amide bonds. The van der Waals surface area contributed by atoms with E-state index in [2.05, 4.69) is 0 Å². The van der Waals surface area contributed by atoms with Crippen LogP contribution in [0, 0.1) is 16.0 Å². The van der Waals surface area contributed by atoms with Crippen LogP contribution in [0.15, 0.2) is 24.3 Å². The summed E-state index contributed by atoms with van der Waals surface area (Å²) < 4.78 is 12.4. The third-order valence-corrected chi connectivity index (χ3v) is 6.68. The van der Waals surface area contributed by atoms with Gasteiger partial charge in [-0.1, -0.05) is 0 Å². The average molecular weight is 386 g/mol. The van der Waals surface area contributed by atoms with Crippen LogP contribution in [0.1, 0.15) is 26.7 Å². The van der Waals surface area contributed by atoms with Gasteiger partial charge in [-0.2, -0.15) is 0 Å². The first-order chi connectivity index (χ1) is 10.9. The van der Waals surface area contributed by atoms with E-state index in [0.717, 1.165) is 22.6 Å². The fourth-order valence-electron chi connectivity index (χ4n) is 3.38. The van der Waals surface area contributed by atoms with E-state index in [4.69, 9.17) is 9.47 Å². The Morgan fingerprint density at radius 3 is 2.83 bits per heavy atom. The number of nitro groups is 1. The van der Waals surface area contributed by atoms with Crippen molar-refractivity contribution in [1.29, 1.82) is 0 Å². The van der Waals surface area contributed by atoms with Crippen molar-refractivity contribution in [1.82, 2.24) is 0 Å². The number of fused-ring (bicyclic) bond motifs is 1. The number of benzene rings is 1. The molecule has 7 heteroatoms. The Labute approximate surface area is 141 Å². The SMILES string of the molecule is CC1(C)O[C@@H]2[C@@H](O)[C@@H](CC[Se]c3ccccc3[N+](=O)[O-])C[C@@H]2O1. The summed E-state index contributed by atoms with van der Waals surface area (Å²) >= 11 is 0.0298. The van der Waals surface area contributed by atoms with Gasteiger partial charge in [0.1, 0.15) is 0 Å². The van der Waals surface area contributed by atoms with Crippen LogP contribution in [0.5, 0.6) is 0 Å². The average Bonchev–Trinajstić information content (AvgIpc) is 2.93. The molecule has 1 saturated carbocycles. The van der Waals surface area contributed by atoms with Crippen LogP contribution in [0.2, 0.25) is 5.32 Å². The monoisotopic (exact) mass is 387 g/mol. The molecule has 1 aliphatic heterocycles. The number of para-hydroxylation sites is 1. The predicted octanol–water partition coefficient (Wildman–Crippen LogP) is 1.63. The van der Waals surface area contributed by atoms with Crippen molar-refractivity contribution >= 4 is 25.1 Å². The quantitative estimate of drug-likeness (QED) is 0.473. The van der Waals surface area contributed by atoms with Gasteiger partial charge in [0.15, 0.2) is 0 Å². The summed E-state index contributed by atoms with van der Waals surface area (Å²) in [6, 6.07) is 6.90. The molecule has 1 aromatic rings. The van der Waals surface area contributed by atoms with E-state index in [0.29, 0.717) is 0 Å². The molecular formula is C16H21NO5Se.